The number of hydrogen-bond donors (Lipinski definition) is 1. The Kier molecular flexibility index (Phi) is 4.74. The highest BCUT2D eigenvalue weighted by Gasteiger charge is 2.09. The highest BCUT2D eigenvalue weighted by atomic mass is 16.5. The van der Waals surface area contributed by atoms with Crippen molar-refractivity contribution in [3.05, 3.63) is 24.0 Å². The minimum atomic E-state index is 0.320. The molecule has 0 saturated carbocycles. The maximum absolute atomic E-state index is 5.70. The van der Waals surface area contributed by atoms with Gasteiger partial charge in [-0.2, -0.15) is 0 Å². The van der Waals surface area contributed by atoms with Gasteiger partial charge in [-0.3, -0.25) is 4.98 Å². The molecule has 0 radical (unpaired) electrons. The van der Waals surface area contributed by atoms with Crippen molar-refractivity contribution >= 4 is 0 Å². The van der Waals surface area contributed by atoms with Gasteiger partial charge in [0.05, 0.1) is 12.3 Å². The second kappa shape index (κ2) is 5.85. The van der Waals surface area contributed by atoms with Crippen LogP contribution in [0.3, 0.4) is 0 Å². The standard InChI is InChI=1S/C13H22N2O/c1-13(2,3)6-8-16-12-5-7-15-11(9-12)10-14-4/h5,7,9,14H,6,8,10H2,1-4H3. The number of nitrogens with one attached hydrogen (secondary N) is 1. The molecule has 0 aliphatic carbocycles. The summed E-state index contributed by atoms with van der Waals surface area (Å²) in [7, 11) is 1.91. The topological polar surface area (TPSA) is 34.1 Å². The first-order valence-corrected chi connectivity index (χ1v) is 5.73. The van der Waals surface area contributed by atoms with Crippen molar-refractivity contribution in [3.63, 3.8) is 0 Å². The molecular weight excluding hydrogens is 200 g/mol. The smallest absolute Gasteiger partial charge is 0.122 e. The molecule has 1 aromatic rings. The maximum Gasteiger partial charge on any atom is 0.122 e. The quantitative estimate of drug-likeness (QED) is 0.831. The van der Waals surface area contributed by atoms with E-state index in [2.05, 4.69) is 31.1 Å². The van der Waals surface area contributed by atoms with Gasteiger partial charge >= 0.3 is 0 Å². The first-order chi connectivity index (χ1) is 7.51. The van der Waals surface area contributed by atoms with E-state index in [0.29, 0.717) is 5.41 Å². The van der Waals surface area contributed by atoms with E-state index in [1.165, 1.54) is 0 Å². The molecule has 0 spiro atoms. The van der Waals surface area contributed by atoms with Crippen molar-refractivity contribution in [1.82, 2.24) is 10.3 Å². The summed E-state index contributed by atoms with van der Waals surface area (Å²) >= 11 is 0. The molecule has 1 N–H and O–H groups in total. The zero-order chi connectivity index (χ0) is 12.0. The second-order valence-corrected chi connectivity index (χ2v) is 5.17. The van der Waals surface area contributed by atoms with Crippen LogP contribution in [0.4, 0.5) is 0 Å². The van der Waals surface area contributed by atoms with E-state index in [4.69, 9.17) is 4.74 Å². The summed E-state index contributed by atoms with van der Waals surface area (Å²) < 4.78 is 5.70. The van der Waals surface area contributed by atoms with Crippen molar-refractivity contribution in [2.45, 2.75) is 33.7 Å². The SMILES string of the molecule is CNCc1cc(OCCC(C)(C)C)ccn1. The van der Waals surface area contributed by atoms with Gasteiger partial charge in [0.1, 0.15) is 5.75 Å². The predicted molar refractivity (Wildman–Crippen MR) is 66.6 cm³/mol. The molecule has 0 atom stereocenters. The van der Waals surface area contributed by atoms with Crippen LogP contribution in [0.5, 0.6) is 5.75 Å². The Morgan fingerprint density at radius 2 is 2.12 bits per heavy atom. The van der Waals surface area contributed by atoms with Gasteiger partial charge in [0, 0.05) is 18.8 Å². The normalized spacial score (nSPS) is 11.5. The van der Waals surface area contributed by atoms with Crippen molar-refractivity contribution < 1.29 is 4.74 Å². The number of rotatable bonds is 5. The summed E-state index contributed by atoms with van der Waals surface area (Å²) in [5, 5.41) is 3.07. The Morgan fingerprint density at radius 3 is 2.75 bits per heavy atom. The highest BCUT2D eigenvalue weighted by molar-refractivity contribution is 5.22. The summed E-state index contributed by atoms with van der Waals surface area (Å²) in [4.78, 5) is 4.24. The average Bonchev–Trinajstić information content (AvgIpc) is 2.17. The fourth-order valence-corrected chi connectivity index (χ4v) is 1.30. The third kappa shape index (κ3) is 5.12. The fraction of sp³-hybridized carbons (Fsp3) is 0.615. The number of aromatic nitrogens is 1. The van der Waals surface area contributed by atoms with E-state index in [0.717, 1.165) is 31.0 Å². The monoisotopic (exact) mass is 222 g/mol. The van der Waals surface area contributed by atoms with Crippen molar-refractivity contribution in [2.75, 3.05) is 13.7 Å². The third-order valence-corrected chi connectivity index (χ3v) is 2.27. The zero-order valence-corrected chi connectivity index (χ0v) is 10.7. The molecule has 0 aromatic carbocycles. The summed E-state index contributed by atoms with van der Waals surface area (Å²) in [5.41, 5.74) is 1.33. The van der Waals surface area contributed by atoms with E-state index < -0.39 is 0 Å². The molecule has 0 amide bonds. The largest absolute Gasteiger partial charge is 0.493 e. The number of hydrogen-bond acceptors (Lipinski definition) is 3. The molecule has 0 bridgehead atoms. The first-order valence-electron chi connectivity index (χ1n) is 5.73. The van der Waals surface area contributed by atoms with Crippen LogP contribution in [0.1, 0.15) is 32.9 Å². The molecule has 0 fully saturated rings. The third-order valence-electron chi connectivity index (χ3n) is 2.27. The van der Waals surface area contributed by atoms with Crippen LogP contribution in [0.15, 0.2) is 18.3 Å². The van der Waals surface area contributed by atoms with Crippen LogP contribution in [0, 0.1) is 5.41 Å². The van der Waals surface area contributed by atoms with E-state index in [1.54, 1.807) is 6.20 Å². The Bertz CT molecular complexity index is 318. The van der Waals surface area contributed by atoms with E-state index in [-0.39, 0.29) is 0 Å². The highest BCUT2D eigenvalue weighted by Crippen LogP contribution is 2.19. The molecule has 1 heterocycles. The molecule has 16 heavy (non-hydrogen) atoms. The summed E-state index contributed by atoms with van der Waals surface area (Å²) in [5.74, 6) is 0.907. The molecule has 1 rings (SSSR count). The summed E-state index contributed by atoms with van der Waals surface area (Å²) in [6.45, 7) is 8.18. The summed E-state index contributed by atoms with van der Waals surface area (Å²) in [6, 6.07) is 3.89. The number of ether oxygens (including phenoxy) is 1. The molecule has 0 aliphatic rings. The molecular formula is C13H22N2O. The second-order valence-electron chi connectivity index (χ2n) is 5.17. The van der Waals surface area contributed by atoms with E-state index in [1.807, 2.05) is 19.2 Å². The van der Waals surface area contributed by atoms with Crippen LogP contribution in [-0.2, 0) is 6.54 Å². The number of pyridine rings is 1. The minimum absolute atomic E-state index is 0.320. The number of nitrogens with zero attached hydrogens (tertiary/aromatic N) is 1. The predicted octanol–water partition coefficient (Wildman–Crippen LogP) is 2.62. The first kappa shape index (κ1) is 13.0. The Hall–Kier alpha value is -1.09. The molecule has 0 unspecified atom stereocenters. The van der Waals surface area contributed by atoms with E-state index in [9.17, 15) is 0 Å². The van der Waals surface area contributed by atoms with Gasteiger partial charge in [0.15, 0.2) is 0 Å². The lowest BCUT2D eigenvalue weighted by molar-refractivity contribution is 0.242. The summed E-state index contributed by atoms with van der Waals surface area (Å²) in [6.07, 6.45) is 2.84. The zero-order valence-electron chi connectivity index (χ0n) is 10.7. The fourth-order valence-electron chi connectivity index (χ4n) is 1.30. The van der Waals surface area contributed by atoms with E-state index >= 15 is 0 Å². The minimum Gasteiger partial charge on any atom is -0.493 e. The molecule has 0 aliphatic heterocycles. The lowest BCUT2D eigenvalue weighted by Gasteiger charge is -2.18. The maximum atomic E-state index is 5.70. The molecule has 90 valence electrons. The van der Waals surface area contributed by atoms with Crippen molar-refractivity contribution in [2.24, 2.45) is 5.41 Å². The van der Waals surface area contributed by atoms with Gasteiger partial charge in [0.25, 0.3) is 0 Å². The van der Waals surface area contributed by atoms with Crippen molar-refractivity contribution in [1.29, 1.82) is 0 Å². The van der Waals surface area contributed by atoms with Gasteiger partial charge in [-0.1, -0.05) is 20.8 Å². The lowest BCUT2D eigenvalue weighted by atomic mass is 9.93. The van der Waals surface area contributed by atoms with Crippen LogP contribution in [0.25, 0.3) is 0 Å². The molecule has 3 heteroatoms. The Labute approximate surface area is 98.2 Å². The molecule has 1 aromatic heterocycles. The van der Waals surface area contributed by atoms with Gasteiger partial charge in [0.2, 0.25) is 0 Å². The molecule has 3 nitrogen and oxygen atoms in total. The van der Waals surface area contributed by atoms with Crippen molar-refractivity contribution in [3.8, 4) is 5.75 Å². The van der Waals surface area contributed by atoms with Crippen LogP contribution < -0.4 is 10.1 Å². The van der Waals surface area contributed by atoms with Gasteiger partial charge < -0.3 is 10.1 Å². The van der Waals surface area contributed by atoms with Crippen LogP contribution in [-0.4, -0.2) is 18.6 Å². The Morgan fingerprint density at radius 1 is 1.38 bits per heavy atom. The van der Waals surface area contributed by atoms with Gasteiger partial charge in [-0.05, 0) is 24.9 Å². The van der Waals surface area contributed by atoms with Crippen LogP contribution in [0.2, 0.25) is 0 Å². The van der Waals surface area contributed by atoms with Gasteiger partial charge in [-0.25, -0.2) is 0 Å². The van der Waals surface area contributed by atoms with Gasteiger partial charge in [-0.15, -0.1) is 0 Å². The average molecular weight is 222 g/mol. The Balaban J connectivity index is 2.44. The van der Waals surface area contributed by atoms with Crippen LogP contribution >= 0.6 is 0 Å². The molecule has 0 saturated heterocycles. The lowest BCUT2D eigenvalue weighted by Crippen LogP contribution is -2.11.